The summed E-state index contributed by atoms with van der Waals surface area (Å²) in [6, 6.07) is 12.3. The molecule has 1 saturated carbocycles. The molecule has 6 heteroatoms. The molecule has 2 bridgehead atoms. The van der Waals surface area contributed by atoms with Gasteiger partial charge in [0.1, 0.15) is 5.75 Å². The van der Waals surface area contributed by atoms with Gasteiger partial charge in [-0.05, 0) is 56.3 Å². The molecule has 4 heterocycles. The van der Waals surface area contributed by atoms with Crippen molar-refractivity contribution >= 4 is 5.91 Å². The predicted octanol–water partition coefficient (Wildman–Crippen LogP) is 3.45. The van der Waals surface area contributed by atoms with Crippen molar-refractivity contribution in [1.29, 1.82) is 0 Å². The summed E-state index contributed by atoms with van der Waals surface area (Å²) < 4.78 is 7.72. The first-order chi connectivity index (χ1) is 15.2. The quantitative estimate of drug-likeness (QED) is 0.743. The summed E-state index contributed by atoms with van der Waals surface area (Å²) in [4.78, 5) is 14.8. The zero-order chi connectivity index (χ0) is 21.2. The smallest absolute Gasteiger partial charge is 0.257 e. The first kappa shape index (κ1) is 20.6. The number of amides is 1. The Morgan fingerprint density at radius 3 is 2.74 bits per heavy atom. The van der Waals surface area contributed by atoms with Crippen LogP contribution in [-0.4, -0.2) is 52.9 Å². The van der Waals surface area contributed by atoms with Gasteiger partial charge in [0, 0.05) is 43.7 Å². The fraction of sp³-hybridized carbons (Fsp3) is 0.600. The zero-order valence-electron chi connectivity index (χ0n) is 18.5. The minimum Gasteiger partial charge on any atom is -0.484 e. The SMILES string of the molecule is Cn1nc(C2CCCC2)cc1[C@@H]1CN2CC[C@H]1C[C@@H]2CNC(=O)COc1ccccc1. The summed E-state index contributed by atoms with van der Waals surface area (Å²) in [7, 11) is 2.12. The lowest BCUT2D eigenvalue weighted by molar-refractivity contribution is -0.123. The van der Waals surface area contributed by atoms with Crippen molar-refractivity contribution in [3.63, 3.8) is 0 Å². The fourth-order valence-corrected chi connectivity index (χ4v) is 5.91. The van der Waals surface area contributed by atoms with Crippen LogP contribution in [0.2, 0.25) is 0 Å². The van der Waals surface area contributed by atoms with E-state index in [9.17, 15) is 4.79 Å². The van der Waals surface area contributed by atoms with Crippen molar-refractivity contribution in [2.24, 2.45) is 13.0 Å². The molecule has 1 aliphatic carbocycles. The van der Waals surface area contributed by atoms with Gasteiger partial charge in [0.25, 0.3) is 5.91 Å². The maximum atomic E-state index is 12.3. The highest BCUT2D eigenvalue weighted by molar-refractivity contribution is 5.77. The third kappa shape index (κ3) is 4.49. The highest BCUT2D eigenvalue weighted by Gasteiger charge is 2.42. The monoisotopic (exact) mass is 422 g/mol. The predicted molar refractivity (Wildman–Crippen MR) is 120 cm³/mol. The summed E-state index contributed by atoms with van der Waals surface area (Å²) in [5.74, 6) is 2.60. The maximum Gasteiger partial charge on any atom is 0.257 e. The number of benzene rings is 1. The lowest BCUT2D eigenvalue weighted by Gasteiger charge is -2.50. The average molecular weight is 423 g/mol. The van der Waals surface area contributed by atoms with E-state index in [-0.39, 0.29) is 12.5 Å². The number of nitrogens with one attached hydrogen (secondary N) is 1. The Labute approximate surface area is 185 Å². The van der Waals surface area contributed by atoms with Crippen molar-refractivity contribution in [1.82, 2.24) is 20.0 Å². The van der Waals surface area contributed by atoms with Crippen molar-refractivity contribution < 1.29 is 9.53 Å². The molecular formula is C25H34N4O2. The number of carbonyl (C=O) groups is 1. The van der Waals surface area contributed by atoms with Gasteiger partial charge in [-0.15, -0.1) is 0 Å². The van der Waals surface area contributed by atoms with Gasteiger partial charge in [0.15, 0.2) is 6.61 Å². The average Bonchev–Trinajstić information content (AvgIpc) is 3.47. The molecule has 6 nitrogen and oxygen atoms in total. The number of aryl methyl sites for hydroxylation is 1. The first-order valence-electron chi connectivity index (χ1n) is 11.9. The standard InChI is InChI=1S/C25H34N4O2/c1-28-24(14-23(27-28)18-7-5-6-8-18)22-16-29-12-11-19(22)13-20(29)15-26-25(30)17-31-21-9-3-2-4-10-21/h2-4,9-10,14,18-20,22H,5-8,11-13,15-17H2,1H3,(H,26,30)/t19-,20+,22+/m0/s1. The molecular weight excluding hydrogens is 388 g/mol. The molecule has 2 aromatic rings. The van der Waals surface area contributed by atoms with E-state index in [1.54, 1.807) is 0 Å². The number of nitrogens with zero attached hydrogens (tertiary/aromatic N) is 3. The largest absolute Gasteiger partial charge is 0.484 e. The molecule has 4 fully saturated rings. The molecule has 4 aliphatic rings. The summed E-state index contributed by atoms with van der Waals surface area (Å²) in [5, 5.41) is 7.99. The normalized spacial score (nSPS) is 28.0. The highest BCUT2D eigenvalue weighted by Crippen LogP contribution is 2.43. The van der Waals surface area contributed by atoms with Crippen LogP contribution in [0.1, 0.15) is 61.7 Å². The van der Waals surface area contributed by atoms with Crippen LogP contribution in [0.3, 0.4) is 0 Å². The third-order valence-corrected chi connectivity index (χ3v) is 7.61. The number of aromatic nitrogens is 2. The lowest BCUT2D eigenvalue weighted by atomic mass is 9.74. The maximum absolute atomic E-state index is 12.3. The second kappa shape index (κ2) is 9.03. The summed E-state index contributed by atoms with van der Waals surface area (Å²) in [5.41, 5.74) is 2.73. The van der Waals surface area contributed by atoms with Crippen LogP contribution in [0.25, 0.3) is 0 Å². The Morgan fingerprint density at radius 1 is 1.19 bits per heavy atom. The summed E-state index contributed by atoms with van der Waals surface area (Å²) >= 11 is 0. The van der Waals surface area contributed by atoms with E-state index in [1.807, 2.05) is 30.3 Å². The van der Waals surface area contributed by atoms with Gasteiger partial charge in [-0.1, -0.05) is 31.0 Å². The Bertz CT molecular complexity index is 890. The molecule has 1 amide bonds. The number of hydrogen-bond acceptors (Lipinski definition) is 4. The fourth-order valence-electron chi connectivity index (χ4n) is 5.91. The molecule has 1 aromatic heterocycles. The van der Waals surface area contributed by atoms with Crippen LogP contribution in [0.15, 0.2) is 36.4 Å². The van der Waals surface area contributed by atoms with E-state index in [4.69, 9.17) is 9.84 Å². The van der Waals surface area contributed by atoms with E-state index < -0.39 is 0 Å². The van der Waals surface area contributed by atoms with Crippen LogP contribution < -0.4 is 10.1 Å². The van der Waals surface area contributed by atoms with Crippen LogP contribution in [0.5, 0.6) is 5.75 Å². The van der Waals surface area contributed by atoms with E-state index in [0.717, 1.165) is 25.3 Å². The molecule has 0 spiro atoms. The van der Waals surface area contributed by atoms with Gasteiger partial charge >= 0.3 is 0 Å². The van der Waals surface area contributed by atoms with Crippen LogP contribution >= 0.6 is 0 Å². The molecule has 0 radical (unpaired) electrons. The molecule has 4 atom stereocenters. The van der Waals surface area contributed by atoms with Gasteiger partial charge in [-0.25, -0.2) is 0 Å². The van der Waals surface area contributed by atoms with Crippen LogP contribution in [-0.2, 0) is 11.8 Å². The second-order valence-electron chi connectivity index (χ2n) is 9.54. The van der Waals surface area contributed by atoms with Gasteiger partial charge < -0.3 is 10.1 Å². The summed E-state index contributed by atoms with van der Waals surface area (Å²) in [6.07, 6.45) is 7.68. The Hall–Kier alpha value is -2.34. The Morgan fingerprint density at radius 2 is 2.00 bits per heavy atom. The molecule has 1 unspecified atom stereocenters. The second-order valence-corrected chi connectivity index (χ2v) is 9.54. The minimum absolute atomic E-state index is 0.0455. The van der Waals surface area contributed by atoms with Gasteiger partial charge in [0.2, 0.25) is 0 Å². The first-order valence-corrected chi connectivity index (χ1v) is 11.9. The molecule has 1 aromatic carbocycles. The van der Waals surface area contributed by atoms with E-state index in [1.165, 1.54) is 43.5 Å². The molecule has 166 valence electrons. The molecule has 1 N–H and O–H groups in total. The van der Waals surface area contributed by atoms with Gasteiger partial charge in [-0.2, -0.15) is 5.10 Å². The Balaban J connectivity index is 1.15. The lowest BCUT2D eigenvalue weighted by Crippen LogP contribution is -2.56. The highest BCUT2D eigenvalue weighted by atomic mass is 16.5. The van der Waals surface area contributed by atoms with Gasteiger partial charge in [-0.3, -0.25) is 14.4 Å². The third-order valence-electron chi connectivity index (χ3n) is 7.61. The minimum atomic E-state index is -0.0455. The van der Waals surface area contributed by atoms with Crippen molar-refractivity contribution in [3.05, 3.63) is 47.8 Å². The van der Waals surface area contributed by atoms with E-state index in [0.29, 0.717) is 30.3 Å². The number of fused-ring (bicyclic) bond motifs is 3. The number of ether oxygens (including phenoxy) is 1. The van der Waals surface area contributed by atoms with Crippen LogP contribution in [0.4, 0.5) is 0 Å². The molecule has 3 saturated heterocycles. The summed E-state index contributed by atoms with van der Waals surface area (Å²) in [6.45, 7) is 2.99. The number of para-hydroxylation sites is 1. The molecule has 3 aliphatic heterocycles. The van der Waals surface area contributed by atoms with E-state index >= 15 is 0 Å². The Kier molecular flexibility index (Phi) is 5.99. The molecule has 6 rings (SSSR count). The van der Waals surface area contributed by atoms with Crippen molar-refractivity contribution in [2.75, 3.05) is 26.2 Å². The number of hydrogen-bond donors (Lipinski definition) is 1. The van der Waals surface area contributed by atoms with Crippen molar-refractivity contribution in [3.8, 4) is 5.75 Å². The van der Waals surface area contributed by atoms with Gasteiger partial charge in [0.05, 0.1) is 5.69 Å². The van der Waals surface area contributed by atoms with Crippen LogP contribution in [0, 0.1) is 5.92 Å². The number of rotatable bonds is 7. The zero-order valence-corrected chi connectivity index (χ0v) is 18.5. The van der Waals surface area contributed by atoms with Crippen molar-refractivity contribution in [2.45, 2.75) is 56.4 Å². The number of piperidine rings is 3. The van der Waals surface area contributed by atoms with E-state index in [2.05, 4.69) is 28.0 Å². The topological polar surface area (TPSA) is 59.4 Å². The molecule has 31 heavy (non-hydrogen) atoms. The number of carbonyl (C=O) groups excluding carboxylic acids is 1.